The van der Waals surface area contributed by atoms with Gasteiger partial charge in [0.2, 0.25) is 0 Å². The lowest BCUT2D eigenvalue weighted by Crippen LogP contribution is -2.29. The maximum atomic E-state index is 12.6. The van der Waals surface area contributed by atoms with Crippen LogP contribution in [0, 0.1) is 0 Å². The molecular formula is C47H84NO8P. The maximum absolute atomic E-state index is 12.6. The van der Waals surface area contributed by atoms with Gasteiger partial charge in [-0.15, -0.1) is 0 Å². The van der Waals surface area contributed by atoms with Gasteiger partial charge in [0.1, 0.15) is 6.61 Å². The molecule has 0 heterocycles. The highest BCUT2D eigenvalue weighted by Gasteiger charge is 2.26. The topological polar surface area (TPSA) is 134 Å². The van der Waals surface area contributed by atoms with Crippen LogP contribution in [0.25, 0.3) is 0 Å². The zero-order valence-corrected chi connectivity index (χ0v) is 37.2. The van der Waals surface area contributed by atoms with Crippen molar-refractivity contribution in [3.63, 3.8) is 0 Å². The predicted octanol–water partition coefficient (Wildman–Crippen LogP) is 13.3. The molecule has 0 saturated carbocycles. The zero-order chi connectivity index (χ0) is 41.8. The van der Waals surface area contributed by atoms with Gasteiger partial charge in [-0.3, -0.25) is 18.6 Å². The zero-order valence-electron chi connectivity index (χ0n) is 36.3. The molecule has 330 valence electrons. The molecule has 0 bridgehead atoms. The average molecular weight is 822 g/mol. The average Bonchev–Trinajstić information content (AvgIpc) is 3.20. The van der Waals surface area contributed by atoms with Crippen LogP contribution < -0.4 is 5.73 Å². The number of phosphoric acid groups is 1. The van der Waals surface area contributed by atoms with E-state index in [4.69, 9.17) is 24.3 Å². The van der Waals surface area contributed by atoms with Crippen molar-refractivity contribution in [3.05, 3.63) is 60.8 Å². The number of rotatable bonds is 42. The van der Waals surface area contributed by atoms with Gasteiger partial charge in [-0.05, 0) is 57.8 Å². The number of allylic oxidation sites excluding steroid dienone is 10. The summed E-state index contributed by atoms with van der Waals surface area (Å²) in [4.78, 5) is 34.9. The Balaban J connectivity index is 4.19. The van der Waals surface area contributed by atoms with E-state index in [0.717, 1.165) is 70.6 Å². The van der Waals surface area contributed by atoms with E-state index < -0.39 is 32.5 Å². The smallest absolute Gasteiger partial charge is 0.462 e. The molecule has 0 aromatic carbocycles. The number of hydrogen-bond acceptors (Lipinski definition) is 8. The van der Waals surface area contributed by atoms with E-state index in [-0.39, 0.29) is 32.6 Å². The Labute approximate surface area is 349 Å². The van der Waals surface area contributed by atoms with Crippen molar-refractivity contribution in [1.82, 2.24) is 0 Å². The first-order valence-corrected chi connectivity index (χ1v) is 24.3. The summed E-state index contributed by atoms with van der Waals surface area (Å²) in [6, 6.07) is 0. The van der Waals surface area contributed by atoms with Crippen LogP contribution in [0.5, 0.6) is 0 Å². The van der Waals surface area contributed by atoms with Gasteiger partial charge in [0.05, 0.1) is 13.2 Å². The van der Waals surface area contributed by atoms with Crippen LogP contribution in [0.3, 0.4) is 0 Å². The number of carbonyl (C=O) groups is 2. The minimum Gasteiger partial charge on any atom is -0.462 e. The van der Waals surface area contributed by atoms with Crippen molar-refractivity contribution in [2.24, 2.45) is 5.73 Å². The number of esters is 2. The molecule has 0 rings (SSSR count). The monoisotopic (exact) mass is 822 g/mol. The van der Waals surface area contributed by atoms with Crippen LogP contribution in [0.15, 0.2) is 60.8 Å². The first kappa shape index (κ1) is 54.7. The van der Waals surface area contributed by atoms with Gasteiger partial charge in [0.25, 0.3) is 0 Å². The maximum Gasteiger partial charge on any atom is 0.472 e. The van der Waals surface area contributed by atoms with Crippen molar-refractivity contribution < 1.29 is 37.6 Å². The van der Waals surface area contributed by atoms with Gasteiger partial charge >= 0.3 is 19.8 Å². The van der Waals surface area contributed by atoms with Gasteiger partial charge in [-0.25, -0.2) is 4.57 Å². The summed E-state index contributed by atoms with van der Waals surface area (Å²) in [5.41, 5.74) is 5.35. The fourth-order valence-electron chi connectivity index (χ4n) is 6.07. The molecule has 3 N–H and O–H groups in total. The molecule has 0 saturated heterocycles. The van der Waals surface area contributed by atoms with E-state index >= 15 is 0 Å². The van der Waals surface area contributed by atoms with Gasteiger partial charge in [-0.1, -0.05) is 184 Å². The minimum atomic E-state index is -4.39. The highest BCUT2D eigenvalue weighted by atomic mass is 31.2. The second kappa shape index (κ2) is 43.3. The van der Waals surface area contributed by atoms with Crippen molar-refractivity contribution in [1.29, 1.82) is 0 Å². The Hall–Kier alpha value is -2.29. The summed E-state index contributed by atoms with van der Waals surface area (Å²) in [5, 5.41) is 0. The van der Waals surface area contributed by atoms with Crippen molar-refractivity contribution in [3.8, 4) is 0 Å². The fraction of sp³-hybridized carbons (Fsp3) is 0.745. The molecular weight excluding hydrogens is 737 g/mol. The molecule has 57 heavy (non-hydrogen) atoms. The number of hydrogen-bond donors (Lipinski definition) is 2. The van der Waals surface area contributed by atoms with Crippen molar-refractivity contribution in [2.45, 2.75) is 200 Å². The third kappa shape index (κ3) is 43.1. The Bertz CT molecular complexity index is 1120. The molecule has 0 amide bonds. The van der Waals surface area contributed by atoms with Crippen LogP contribution in [-0.2, 0) is 32.7 Å². The fourth-order valence-corrected chi connectivity index (χ4v) is 6.84. The summed E-state index contributed by atoms with van der Waals surface area (Å²) in [6.07, 6.45) is 51.1. The predicted molar refractivity (Wildman–Crippen MR) is 238 cm³/mol. The lowest BCUT2D eigenvalue weighted by molar-refractivity contribution is -0.161. The molecule has 10 heteroatoms. The van der Waals surface area contributed by atoms with E-state index in [1.54, 1.807) is 0 Å². The van der Waals surface area contributed by atoms with Crippen LogP contribution in [0.4, 0.5) is 0 Å². The molecule has 2 atom stereocenters. The summed E-state index contributed by atoms with van der Waals surface area (Å²) in [6.45, 7) is 3.59. The van der Waals surface area contributed by atoms with Crippen molar-refractivity contribution >= 4 is 19.8 Å². The standard InChI is InChI=1S/C47H84NO8P/c1-3-5-7-9-11-13-15-17-19-21-22-24-26-28-30-32-34-36-38-40-47(50)56-45(44-55-57(51,52)54-42-41-48)43-53-46(49)39-37-35-33-31-29-27-25-23-20-18-16-14-12-10-8-6-4-2/h5,7,11,13,17,19,22,24,28,30,45H,3-4,6,8-10,12,14-16,18,20-21,23,25-27,29,31-44,48H2,1-2H3,(H,51,52)/t45-/m1/s1. The van der Waals surface area contributed by atoms with Crippen LogP contribution in [0.2, 0.25) is 0 Å². The number of unbranched alkanes of at least 4 members (excludes halogenated alkanes) is 19. The van der Waals surface area contributed by atoms with E-state index in [1.807, 2.05) is 0 Å². The molecule has 0 aliphatic heterocycles. The quantitative estimate of drug-likeness (QED) is 0.0267. The third-order valence-electron chi connectivity index (χ3n) is 9.42. The molecule has 0 radical (unpaired) electrons. The highest BCUT2D eigenvalue weighted by molar-refractivity contribution is 7.47. The molecule has 0 spiro atoms. The van der Waals surface area contributed by atoms with Crippen LogP contribution >= 0.6 is 7.82 Å². The summed E-state index contributed by atoms with van der Waals surface area (Å²) < 4.78 is 32.8. The SMILES string of the molecule is CCC=CCC=CCC=CCC=CCC=CCCCCCC(=O)O[C@H](COC(=O)CCCCCCCCCCCCCCCCCCC)COP(=O)(O)OCCN. The number of phosphoric ester groups is 1. The third-order valence-corrected chi connectivity index (χ3v) is 10.4. The Morgan fingerprint density at radius 2 is 0.965 bits per heavy atom. The van der Waals surface area contributed by atoms with Gasteiger partial charge < -0.3 is 20.1 Å². The Kier molecular flexibility index (Phi) is 41.6. The second-order valence-electron chi connectivity index (χ2n) is 14.9. The normalized spacial score (nSPS) is 13.8. The first-order chi connectivity index (χ1) is 27.8. The van der Waals surface area contributed by atoms with E-state index in [2.05, 4.69) is 74.6 Å². The molecule has 0 aliphatic carbocycles. The number of nitrogens with two attached hydrogens (primary N) is 1. The van der Waals surface area contributed by atoms with Gasteiger partial charge in [0.15, 0.2) is 6.10 Å². The Morgan fingerprint density at radius 3 is 1.44 bits per heavy atom. The largest absolute Gasteiger partial charge is 0.472 e. The van der Waals surface area contributed by atoms with Crippen LogP contribution in [-0.4, -0.2) is 49.3 Å². The van der Waals surface area contributed by atoms with Gasteiger partial charge in [-0.2, -0.15) is 0 Å². The molecule has 0 fully saturated rings. The molecule has 0 aliphatic rings. The summed E-state index contributed by atoms with van der Waals surface area (Å²) >= 11 is 0. The number of carbonyl (C=O) groups excluding carboxylic acids is 2. The molecule has 9 nitrogen and oxygen atoms in total. The molecule has 0 aromatic heterocycles. The first-order valence-electron chi connectivity index (χ1n) is 22.8. The van der Waals surface area contributed by atoms with Gasteiger partial charge in [0, 0.05) is 19.4 Å². The summed E-state index contributed by atoms with van der Waals surface area (Å²) in [5.74, 6) is -0.864. The van der Waals surface area contributed by atoms with Crippen LogP contribution in [0.1, 0.15) is 194 Å². The van der Waals surface area contributed by atoms with E-state index in [9.17, 15) is 19.0 Å². The molecule has 1 unspecified atom stereocenters. The minimum absolute atomic E-state index is 0.0460. The Morgan fingerprint density at radius 1 is 0.544 bits per heavy atom. The van der Waals surface area contributed by atoms with Crippen molar-refractivity contribution in [2.75, 3.05) is 26.4 Å². The van der Waals surface area contributed by atoms with E-state index in [1.165, 1.54) is 89.9 Å². The number of ether oxygens (including phenoxy) is 2. The molecule has 0 aromatic rings. The summed E-state index contributed by atoms with van der Waals surface area (Å²) in [7, 11) is -4.39. The highest BCUT2D eigenvalue weighted by Crippen LogP contribution is 2.43. The second-order valence-corrected chi connectivity index (χ2v) is 16.3. The lowest BCUT2D eigenvalue weighted by Gasteiger charge is -2.19. The lowest BCUT2D eigenvalue weighted by atomic mass is 10.0. The van der Waals surface area contributed by atoms with E-state index in [0.29, 0.717) is 6.42 Å².